The molecule has 1 heterocycles. The highest BCUT2D eigenvalue weighted by atomic mass is 32.2. The van der Waals surface area contributed by atoms with Crippen molar-refractivity contribution in [2.45, 2.75) is 19.5 Å². The number of hydrogen-bond donors (Lipinski definition) is 0. The van der Waals surface area contributed by atoms with E-state index in [1.165, 1.54) is 11.6 Å². The van der Waals surface area contributed by atoms with E-state index in [2.05, 4.69) is 6.58 Å². The van der Waals surface area contributed by atoms with Gasteiger partial charge in [-0.2, -0.15) is 11.8 Å². The zero-order chi connectivity index (χ0) is 16.1. The van der Waals surface area contributed by atoms with E-state index in [-0.39, 0.29) is 11.8 Å². The first-order chi connectivity index (χ1) is 10.5. The van der Waals surface area contributed by atoms with Crippen LogP contribution in [-0.4, -0.2) is 52.8 Å². The van der Waals surface area contributed by atoms with Crippen LogP contribution in [0.1, 0.15) is 11.1 Å². The Labute approximate surface area is 136 Å². The summed E-state index contributed by atoms with van der Waals surface area (Å²) >= 11 is 1.71. The quantitative estimate of drug-likeness (QED) is 0.798. The first kappa shape index (κ1) is 16.6. The van der Waals surface area contributed by atoms with Crippen LogP contribution in [0.4, 0.5) is 0 Å². The molecule has 1 aromatic carbocycles. The van der Waals surface area contributed by atoms with Gasteiger partial charge >= 0.3 is 0 Å². The Hall–Kier alpha value is -1.75. The lowest BCUT2D eigenvalue weighted by molar-refractivity contribution is -0.142. The van der Waals surface area contributed by atoms with Crippen LogP contribution in [0.15, 0.2) is 36.9 Å². The second kappa shape index (κ2) is 7.49. The van der Waals surface area contributed by atoms with Gasteiger partial charge in [0.1, 0.15) is 6.04 Å². The van der Waals surface area contributed by atoms with E-state index < -0.39 is 6.04 Å². The van der Waals surface area contributed by atoms with Gasteiger partial charge in [-0.25, -0.2) is 0 Å². The Morgan fingerprint density at radius 1 is 1.45 bits per heavy atom. The lowest BCUT2D eigenvalue weighted by atomic mass is 10.1. The zero-order valence-corrected chi connectivity index (χ0v) is 13.9. The molecule has 2 rings (SSSR count). The molecular formula is C17H22N2O2S. The number of hydrogen-bond acceptors (Lipinski definition) is 3. The van der Waals surface area contributed by atoms with Crippen LogP contribution in [0.2, 0.25) is 0 Å². The summed E-state index contributed by atoms with van der Waals surface area (Å²) in [6, 6.07) is 7.64. The van der Waals surface area contributed by atoms with Crippen molar-refractivity contribution in [1.29, 1.82) is 0 Å². The van der Waals surface area contributed by atoms with Gasteiger partial charge in [0.15, 0.2) is 0 Å². The Morgan fingerprint density at radius 2 is 2.18 bits per heavy atom. The van der Waals surface area contributed by atoms with Gasteiger partial charge in [0, 0.05) is 31.6 Å². The molecule has 0 saturated carbocycles. The fourth-order valence-corrected chi connectivity index (χ4v) is 3.60. The minimum atomic E-state index is -0.390. The molecule has 0 bridgehead atoms. The van der Waals surface area contributed by atoms with Crippen LogP contribution in [0.3, 0.4) is 0 Å². The molecular weight excluding hydrogens is 296 g/mol. The fourth-order valence-electron chi connectivity index (χ4n) is 2.56. The van der Waals surface area contributed by atoms with E-state index in [9.17, 15) is 9.59 Å². The molecule has 1 aromatic rings. The molecule has 0 spiro atoms. The molecule has 0 aromatic heterocycles. The van der Waals surface area contributed by atoms with E-state index in [0.29, 0.717) is 18.8 Å². The highest BCUT2D eigenvalue weighted by Gasteiger charge is 2.33. The summed E-state index contributed by atoms with van der Waals surface area (Å²) in [5, 5.41) is 0. The highest BCUT2D eigenvalue weighted by Crippen LogP contribution is 2.19. The average molecular weight is 318 g/mol. The van der Waals surface area contributed by atoms with Crippen LogP contribution < -0.4 is 0 Å². The van der Waals surface area contributed by atoms with Crippen LogP contribution >= 0.6 is 11.8 Å². The van der Waals surface area contributed by atoms with Gasteiger partial charge in [0.2, 0.25) is 11.8 Å². The predicted octanol–water partition coefficient (Wildman–Crippen LogP) is 2.08. The van der Waals surface area contributed by atoms with Gasteiger partial charge in [0.05, 0.1) is 0 Å². The Bertz CT molecular complexity index is 574. The second-order valence-corrected chi connectivity index (χ2v) is 6.60. The molecule has 0 radical (unpaired) electrons. The van der Waals surface area contributed by atoms with Crippen LogP contribution in [0.25, 0.3) is 0 Å². The topological polar surface area (TPSA) is 40.6 Å². The van der Waals surface area contributed by atoms with Crippen LogP contribution in [0, 0.1) is 6.92 Å². The van der Waals surface area contributed by atoms with Crippen molar-refractivity contribution in [3.63, 3.8) is 0 Å². The van der Waals surface area contributed by atoms with Crippen LogP contribution in [0.5, 0.6) is 0 Å². The molecule has 1 atom stereocenters. The number of benzene rings is 1. The number of carbonyl (C=O) groups is 2. The lowest BCUT2D eigenvalue weighted by Gasteiger charge is -2.36. The van der Waals surface area contributed by atoms with Crippen molar-refractivity contribution in [1.82, 2.24) is 9.80 Å². The van der Waals surface area contributed by atoms with Crippen molar-refractivity contribution < 1.29 is 9.59 Å². The van der Waals surface area contributed by atoms with Gasteiger partial charge in [-0.05, 0) is 24.1 Å². The molecule has 22 heavy (non-hydrogen) atoms. The van der Waals surface area contributed by atoms with E-state index >= 15 is 0 Å². The van der Waals surface area contributed by atoms with Gasteiger partial charge in [-0.15, -0.1) is 0 Å². The number of aryl methyl sites for hydroxylation is 1. The maximum atomic E-state index is 12.7. The lowest BCUT2D eigenvalue weighted by Crippen LogP contribution is -2.53. The second-order valence-electron chi connectivity index (χ2n) is 5.45. The molecule has 1 saturated heterocycles. The molecule has 4 nitrogen and oxygen atoms in total. The predicted molar refractivity (Wildman–Crippen MR) is 90.7 cm³/mol. The maximum absolute atomic E-state index is 12.7. The Morgan fingerprint density at radius 3 is 2.86 bits per heavy atom. The molecule has 1 aliphatic rings. The largest absolute Gasteiger partial charge is 0.340 e. The third-order valence-electron chi connectivity index (χ3n) is 3.92. The molecule has 1 fully saturated rings. The van der Waals surface area contributed by atoms with Gasteiger partial charge in [-0.3, -0.25) is 9.59 Å². The maximum Gasteiger partial charge on any atom is 0.246 e. The van der Waals surface area contributed by atoms with Gasteiger partial charge in [0.25, 0.3) is 0 Å². The third-order valence-corrected chi connectivity index (χ3v) is 4.94. The van der Waals surface area contributed by atoms with Crippen molar-refractivity contribution in [2.24, 2.45) is 0 Å². The van der Waals surface area contributed by atoms with E-state index in [1.54, 1.807) is 28.6 Å². The number of carbonyl (C=O) groups excluding carboxylic acids is 2. The van der Waals surface area contributed by atoms with Crippen LogP contribution in [-0.2, 0) is 16.1 Å². The molecule has 1 aliphatic heterocycles. The molecule has 1 unspecified atom stereocenters. The summed E-state index contributed by atoms with van der Waals surface area (Å²) in [7, 11) is 1.80. The average Bonchev–Trinajstić information content (AvgIpc) is 2.55. The molecule has 118 valence electrons. The number of amides is 2. The minimum Gasteiger partial charge on any atom is -0.340 e. The van der Waals surface area contributed by atoms with E-state index in [4.69, 9.17) is 0 Å². The van der Waals surface area contributed by atoms with Crippen molar-refractivity contribution in [3.8, 4) is 0 Å². The standard InChI is InChI=1S/C17H22N2O2S/c1-4-16(20)19-9-10-22-12-15(19)17(21)18(3)11-14-8-6-5-7-13(14)2/h4-8,15H,1,9-12H2,2-3H3. The summed E-state index contributed by atoms with van der Waals surface area (Å²) in [6.07, 6.45) is 1.29. The summed E-state index contributed by atoms with van der Waals surface area (Å²) < 4.78 is 0. The number of likely N-dealkylation sites (N-methyl/N-ethyl adjacent to an activating group) is 1. The van der Waals surface area contributed by atoms with Crippen molar-refractivity contribution in [3.05, 3.63) is 48.0 Å². The van der Waals surface area contributed by atoms with Crippen molar-refractivity contribution in [2.75, 3.05) is 25.1 Å². The summed E-state index contributed by atoms with van der Waals surface area (Å²) in [5.74, 6) is 1.34. The number of nitrogens with zero attached hydrogens (tertiary/aromatic N) is 2. The van der Waals surface area contributed by atoms with E-state index in [0.717, 1.165) is 11.3 Å². The van der Waals surface area contributed by atoms with Gasteiger partial charge in [-0.1, -0.05) is 30.8 Å². The fraction of sp³-hybridized carbons (Fsp3) is 0.412. The Balaban J connectivity index is 2.09. The minimum absolute atomic E-state index is 0.00865. The SMILES string of the molecule is C=CC(=O)N1CCSCC1C(=O)N(C)Cc1ccccc1C. The molecule has 5 heteroatoms. The monoisotopic (exact) mass is 318 g/mol. The van der Waals surface area contributed by atoms with Crippen molar-refractivity contribution >= 4 is 23.6 Å². The zero-order valence-electron chi connectivity index (χ0n) is 13.1. The van der Waals surface area contributed by atoms with E-state index in [1.807, 2.05) is 31.2 Å². The summed E-state index contributed by atoms with van der Waals surface area (Å²) in [5.41, 5.74) is 2.29. The molecule has 2 amide bonds. The summed E-state index contributed by atoms with van der Waals surface area (Å²) in [4.78, 5) is 28.0. The van der Waals surface area contributed by atoms with Gasteiger partial charge < -0.3 is 9.80 Å². The normalized spacial score (nSPS) is 17.9. The Kier molecular flexibility index (Phi) is 5.66. The first-order valence-corrected chi connectivity index (χ1v) is 8.50. The first-order valence-electron chi connectivity index (χ1n) is 7.35. The smallest absolute Gasteiger partial charge is 0.246 e. The number of thioether (sulfide) groups is 1. The highest BCUT2D eigenvalue weighted by molar-refractivity contribution is 7.99. The molecule has 0 aliphatic carbocycles. The third kappa shape index (κ3) is 3.71. The number of rotatable bonds is 4. The molecule has 0 N–H and O–H groups in total. The summed E-state index contributed by atoms with van der Waals surface area (Å²) in [6.45, 7) is 6.73.